The number of pyridine rings is 1. The summed E-state index contributed by atoms with van der Waals surface area (Å²) >= 11 is 0. The molecule has 2 N–H and O–H groups in total. The predicted molar refractivity (Wildman–Crippen MR) is 83.8 cm³/mol. The molecule has 2 unspecified atom stereocenters. The first-order valence-corrected chi connectivity index (χ1v) is 7.84. The topological polar surface area (TPSA) is 62.0 Å². The van der Waals surface area contributed by atoms with Gasteiger partial charge >= 0.3 is 6.18 Å². The van der Waals surface area contributed by atoms with Crippen molar-refractivity contribution in [1.82, 2.24) is 10.3 Å². The number of carbonyl (C=O) groups is 1. The van der Waals surface area contributed by atoms with Crippen LogP contribution in [0, 0.1) is 5.92 Å². The zero-order chi connectivity index (χ0) is 17.3. The summed E-state index contributed by atoms with van der Waals surface area (Å²) in [5.74, 6) is -1.89. The molecule has 2 aromatic rings. The fourth-order valence-electron chi connectivity index (χ4n) is 3.27. The van der Waals surface area contributed by atoms with Crippen LogP contribution in [0.3, 0.4) is 0 Å². The molecule has 0 spiro atoms. The lowest BCUT2D eigenvalue weighted by atomic mass is 9.85. The molecule has 1 heterocycles. The van der Waals surface area contributed by atoms with E-state index < -0.39 is 29.6 Å². The van der Waals surface area contributed by atoms with Gasteiger partial charge in [-0.3, -0.25) is 9.59 Å². The quantitative estimate of drug-likeness (QED) is 0.882. The molecule has 1 aliphatic rings. The van der Waals surface area contributed by atoms with E-state index in [2.05, 4.69) is 10.3 Å². The summed E-state index contributed by atoms with van der Waals surface area (Å²) in [5.41, 5.74) is 0.283. The van der Waals surface area contributed by atoms with Crippen molar-refractivity contribution in [3.8, 4) is 0 Å². The van der Waals surface area contributed by atoms with E-state index in [1.807, 2.05) is 0 Å². The largest absolute Gasteiger partial charge is 0.391 e. The van der Waals surface area contributed by atoms with Gasteiger partial charge in [-0.1, -0.05) is 24.6 Å². The van der Waals surface area contributed by atoms with Crippen LogP contribution in [0.1, 0.15) is 36.0 Å². The van der Waals surface area contributed by atoms with Crippen molar-refractivity contribution in [2.24, 2.45) is 5.92 Å². The molecule has 1 saturated carbocycles. The molecule has 0 radical (unpaired) electrons. The molecule has 24 heavy (non-hydrogen) atoms. The third-order valence-corrected chi connectivity index (χ3v) is 4.47. The van der Waals surface area contributed by atoms with Crippen molar-refractivity contribution in [3.05, 3.63) is 46.2 Å². The van der Waals surface area contributed by atoms with E-state index in [9.17, 15) is 22.8 Å². The molecule has 2 atom stereocenters. The molecule has 1 aromatic heterocycles. The van der Waals surface area contributed by atoms with Crippen molar-refractivity contribution in [1.29, 1.82) is 0 Å². The normalized spacial score (nSPS) is 21.6. The molecular weight excluding hydrogens is 321 g/mol. The second-order valence-electron chi connectivity index (χ2n) is 6.17. The number of nitrogens with one attached hydrogen (secondary N) is 2. The van der Waals surface area contributed by atoms with Crippen LogP contribution in [-0.2, 0) is 0 Å². The van der Waals surface area contributed by atoms with Gasteiger partial charge in [0.05, 0.1) is 11.5 Å². The number of H-pyrrole nitrogens is 1. The third-order valence-electron chi connectivity index (χ3n) is 4.47. The highest BCUT2D eigenvalue weighted by molar-refractivity contribution is 6.06. The standard InChI is InChI=1S/C17H17F3N2O2/c18-17(19,20)10-4-3-5-11(8-10)21-16(24)13-9-15(23)22-14-7-2-1-6-12(13)14/h1-2,6-7,9-11H,3-5,8H2,(H,21,24)(H,22,23). The summed E-state index contributed by atoms with van der Waals surface area (Å²) in [7, 11) is 0. The lowest BCUT2D eigenvalue weighted by Gasteiger charge is -2.31. The van der Waals surface area contributed by atoms with Crippen LogP contribution < -0.4 is 10.9 Å². The van der Waals surface area contributed by atoms with E-state index in [1.165, 1.54) is 6.07 Å². The zero-order valence-electron chi connectivity index (χ0n) is 12.8. The highest BCUT2D eigenvalue weighted by atomic mass is 19.4. The van der Waals surface area contributed by atoms with E-state index in [0.29, 0.717) is 23.7 Å². The fraction of sp³-hybridized carbons (Fsp3) is 0.412. The van der Waals surface area contributed by atoms with Crippen LogP contribution in [0.5, 0.6) is 0 Å². The molecule has 128 valence electrons. The average molecular weight is 338 g/mol. The number of para-hydroxylation sites is 1. The average Bonchev–Trinajstić information content (AvgIpc) is 2.53. The van der Waals surface area contributed by atoms with Crippen molar-refractivity contribution < 1.29 is 18.0 Å². The van der Waals surface area contributed by atoms with Gasteiger partial charge in [-0.2, -0.15) is 13.2 Å². The van der Waals surface area contributed by atoms with Gasteiger partial charge in [0, 0.05) is 23.0 Å². The fourth-order valence-corrected chi connectivity index (χ4v) is 3.27. The summed E-state index contributed by atoms with van der Waals surface area (Å²) in [6, 6.07) is 7.48. The van der Waals surface area contributed by atoms with Crippen molar-refractivity contribution in [2.75, 3.05) is 0 Å². The summed E-state index contributed by atoms with van der Waals surface area (Å²) in [4.78, 5) is 26.8. The number of aromatic nitrogens is 1. The Morgan fingerprint density at radius 1 is 1.21 bits per heavy atom. The number of carbonyl (C=O) groups excluding carboxylic acids is 1. The zero-order valence-corrected chi connectivity index (χ0v) is 12.8. The first kappa shape index (κ1) is 16.5. The van der Waals surface area contributed by atoms with Gasteiger partial charge in [0.2, 0.25) is 5.56 Å². The number of rotatable bonds is 2. The minimum absolute atomic E-state index is 0.101. The van der Waals surface area contributed by atoms with Gasteiger partial charge < -0.3 is 10.3 Å². The maximum atomic E-state index is 12.9. The van der Waals surface area contributed by atoms with Gasteiger partial charge in [-0.05, 0) is 25.3 Å². The number of halogens is 3. The molecule has 3 rings (SSSR count). The maximum Gasteiger partial charge on any atom is 0.391 e. The second-order valence-corrected chi connectivity index (χ2v) is 6.17. The van der Waals surface area contributed by atoms with E-state index in [4.69, 9.17) is 0 Å². The van der Waals surface area contributed by atoms with Crippen molar-refractivity contribution in [2.45, 2.75) is 37.9 Å². The van der Waals surface area contributed by atoms with Crippen molar-refractivity contribution in [3.63, 3.8) is 0 Å². The van der Waals surface area contributed by atoms with Gasteiger partial charge in [-0.15, -0.1) is 0 Å². The number of hydrogen-bond acceptors (Lipinski definition) is 2. The summed E-state index contributed by atoms with van der Waals surface area (Å²) < 4.78 is 38.6. The lowest BCUT2D eigenvalue weighted by Crippen LogP contribution is -2.41. The monoisotopic (exact) mass is 338 g/mol. The Hall–Kier alpha value is -2.31. The Kier molecular flexibility index (Phi) is 4.34. The minimum atomic E-state index is -4.24. The summed E-state index contributed by atoms with van der Waals surface area (Å²) in [6.07, 6.45) is -3.31. The number of benzene rings is 1. The lowest BCUT2D eigenvalue weighted by molar-refractivity contribution is -0.183. The van der Waals surface area contributed by atoms with Crippen LogP contribution in [0.2, 0.25) is 0 Å². The van der Waals surface area contributed by atoms with E-state index in [-0.39, 0.29) is 18.4 Å². The Morgan fingerprint density at radius 3 is 2.71 bits per heavy atom. The first-order valence-electron chi connectivity index (χ1n) is 7.84. The number of alkyl halides is 3. The number of aromatic amines is 1. The third kappa shape index (κ3) is 3.44. The molecule has 0 aliphatic heterocycles. The first-order chi connectivity index (χ1) is 11.3. The highest BCUT2D eigenvalue weighted by Gasteiger charge is 2.42. The number of hydrogen-bond donors (Lipinski definition) is 2. The van der Waals surface area contributed by atoms with Crippen molar-refractivity contribution >= 4 is 16.8 Å². The number of amides is 1. The SMILES string of the molecule is O=C(NC1CCCC(C(F)(F)F)C1)c1cc(=O)[nH]c2ccccc12. The number of fused-ring (bicyclic) bond motifs is 1. The molecule has 0 saturated heterocycles. The minimum Gasteiger partial charge on any atom is -0.349 e. The van der Waals surface area contributed by atoms with Crippen LogP contribution in [0.4, 0.5) is 13.2 Å². The second kappa shape index (κ2) is 6.30. The van der Waals surface area contributed by atoms with Gasteiger partial charge in [0.15, 0.2) is 0 Å². The Labute approximate surface area is 136 Å². The van der Waals surface area contributed by atoms with Gasteiger partial charge in [-0.25, -0.2) is 0 Å². The van der Waals surface area contributed by atoms with Gasteiger partial charge in [0.25, 0.3) is 5.91 Å². The van der Waals surface area contributed by atoms with Crippen LogP contribution >= 0.6 is 0 Å². The summed E-state index contributed by atoms with van der Waals surface area (Å²) in [5, 5.41) is 3.23. The van der Waals surface area contributed by atoms with E-state index in [1.54, 1.807) is 24.3 Å². The van der Waals surface area contributed by atoms with E-state index >= 15 is 0 Å². The molecule has 1 fully saturated rings. The van der Waals surface area contributed by atoms with Crippen LogP contribution in [0.25, 0.3) is 10.9 Å². The smallest absolute Gasteiger partial charge is 0.349 e. The molecule has 1 aliphatic carbocycles. The Bertz CT molecular complexity index is 813. The van der Waals surface area contributed by atoms with E-state index in [0.717, 1.165) is 0 Å². The Balaban J connectivity index is 1.82. The predicted octanol–water partition coefficient (Wildman–Crippen LogP) is 3.38. The summed E-state index contributed by atoms with van der Waals surface area (Å²) in [6.45, 7) is 0. The molecular formula is C17H17F3N2O2. The molecule has 1 aromatic carbocycles. The maximum absolute atomic E-state index is 12.9. The molecule has 7 heteroatoms. The van der Waals surface area contributed by atoms with Crippen LogP contribution in [0.15, 0.2) is 35.1 Å². The Morgan fingerprint density at radius 2 is 1.96 bits per heavy atom. The van der Waals surface area contributed by atoms with Crippen LogP contribution in [-0.4, -0.2) is 23.1 Å². The highest BCUT2D eigenvalue weighted by Crippen LogP contribution is 2.37. The molecule has 1 amide bonds. The molecule has 0 bridgehead atoms. The van der Waals surface area contributed by atoms with Gasteiger partial charge in [0.1, 0.15) is 0 Å². The molecule has 4 nitrogen and oxygen atoms in total.